The Morgan fingerprint density at radius 2 is 1.96 bits per heavy atom. The van der Waals surface area contributed by atoms with E-state index < -0.39 is 0 Å². The van der Waals surface area contributed by atoms with Gasteiger partial charge in [-0.05, 0) is 30.2 Å². The maximum atomic E-state index is 5.70. The minimum absolute atomic E-state index is 0.250. The van der Waals surface area contributed by atoms with Crippen molar-refractivity contribution in [3.05, 3.63) is 89.8 Å². The number of thioether (sulfide) groups is 1. The number of rotatable bonds is 8. The second kappa shape index (κ2) is 8.75. The molecule has 0 fully saturated rings. The van der Waals surface area contributed by atoms with Crippen molar-refractivity contribution in [1.82, 2.24) is 19.7 Å². The van der Waals surface area contributed by atoms with Crippen LogP contribution in [0.2, 0.25) is 0 Å². The van der Waals surface area contributed by atoms with E-state index in [1.807, 2.05) is 61.8 Å². The molecule has 0 atom stereocenters. The molecule has 0 saturated carbocycles. The zero-order valence-corrected chi connectivity index (χ0v) is 16.3. The van der Waals surface area contributed by atoms with Crippen LogP contribution in [-0.2, 0) is 18.9 Å². The Kier molecular flexibility index (Phi) is 5.72. The van der Waals surface area contributed by atoms with Gasteiger partial charge in [0.2, 0.25) is 0 Å². The third-order valence-electron chi connectivity index (χ3n) is 4.12. The van der Waals surface area contributed by atoms with Crippen LogP contribution in [-0.4, -0.2) is 19.7 Å². The molecule has 2 heterocycles. The van der Waals surface area contributed by atoms with E-state index in [1.54, 1.807) is 0 Å². The molecule has 0 saturated heterocycles. The summed E-state index contributed by atoms with van der Waals surface area (Å²) in [5, 5.41) is 8.65. The predicted molar refractivity (Wildman–Crippen MR) is 107 cm³/mol. The van der Waals surface area contributed by atoms with Crippen molar-refractivity contribution in [2.45, 2.75) is 31.1 Å². The van der Waals surface area contributed by atoms with E-state index in [4.69, 9.17) is 9.15 Å². The fraction of sp³-hybridized carbons (Fsp3) is 0.190. The molecule has 4 rings (SSSR count). The Balaban J connectivity index is 1.32. The van der Waals surface area contributed by atoms with E-state index in [9.17, 15) is 0 Å². The Labute approximate surface area is 167 Å². The Morgan fingerprint density at radius 3 is 2.82 bits per heavy atom. The van der Waals surface area contributed by atoms with Crippen molar-refractivity contribution >= 4 is 11.8 Å². The van der Waals surface area contributed by atoms with Gasteiger partial charge in [-0.3, -0.25) is 0 Å². The maximum Gasteiger partial charge on any atom is 0.277 e. The standard InChI is InChI=1S/C21H20N4O2S/c1-16-6-5-9-18(12-16)26-14-20-23-24-21(27-20)28-15-19-22-10-11-25(19)13-17-7-3-2-4-8-17/h2-12H,13-15H2,1H3. The van der Waals surface area contributed by atoms with Gasteiger partial charge in [0.25, 0.3) is 11.1 Å². The first kappa shape index (κ1) is 18.3. The summed E-state index contributed by atoms with van der Waals surface area (Å²) >= 11 is 1.47. The predicted octanol–water partition coefficient (Wildman–Crippen LogP) is 4.49. The van der Waals surface area contributed by atoms with E-state index in [-0.39, 0.29) is 6.61 Å². The van der Waals surface area contributed by atoms with Crippen molar-refractivity contribution in [3.8, 4) is 5.75 Å². The SMILES string of the molecule is Cc1cccc(OCc2nnc(SCc3nccn3Cc3ccccc3)o2)c1. The highest BCUT2D eigenvalue weighted by molar-refractivity contribution is 7.98. The molecule has 0 spiro atoms. The molecule has 28 heavy (non-hydrogen) atoms. The third kappa shape index (κ3) is 4.80. The Hall–Kier alpha value is -3.06. The van der Waals surface area contributed by atoms with Crippen molar-refractivity contribution in [1.29, 1.82) is 0 Å². The molecule has 4 aromatic rings. The number of nitrogens with zero attached hydrogens (tertiary/aromatic N) is 4. The molecule has 7 heteroatoms. The number of aryl methyl sites for hydroxylation is 1. The molecule has 0 unspecified atom stereocenters. The summed E-state index contributed by atoms with van der Waals surface area (Å²) in [5.74, 6) is 2.86. The molecule has 0 radical (unpaired) electrons. The molecule has 0 aliphatic heterocycles. The zero-order valence-electron chi connectivity index (χ0n) is 15.5. The van der Waals surface area contributed by atoms with E-state index >= 15 is 0 Å². The van der Waals surface area contributed by atoms with Crippen LogP contribution in [0.15, 0.2) is 76.6 Å². The first-order chi connectivity index (χ1) is 13.8. The van der Waals surface area contributed by atoms with E-state index in [0.29, 0.717) is 16.9 Å². The molecule has 0 aliphatic carbocycles. The Morgan fingerprint density at radius 1 is 1.07 bits per heavy atom. The highest BCUT2D eigenvalue weighted by Crippen LogP contribution is 2.22. The quantitative estimate of drug-likeness (QED) is 0.412. The van der Waals surface area contributed by atoms with Crippen molar-refractivity contribution in [2.24, 2.45) is 0 Å². The molecule has 0 amide bonds. The van der Waals surface area contributed by atoms with Crippen LogP contribution in [0.3, 0.4) is 0 Å². The number of benzene rings is 2. The van der Waals surface area contributed by atoms with Crippen LogP contribution in [0.5, 0.6) is 5.75 Å². The molecule has 142 valence electrons. The van der Waals surface area contributed by atoms with Gasteiger partial charge >= 0.3 is 0 Å². The fourth-order valence-electron chi connectivity index (χ4n) is 2.74. The number of aromatic nitrogens is 4. The first-order valence-corrected chi connectivity index (χ1v) is 9.93. The molecule has 0 aliphatic rings. The highest BCUT2D eigenvalue weighted by Gasteiger charge is 2.10. The molecule has 0 bridgehead atoms. The minimum Gasteiger partial charge on any atom is -0.484 e. The summed E-state index contributed by atoms with van der Waals surface area (Å²) in [5.41, 5.74) is 2.38. The monoisotopic (exact) mass is 392 g/mol. The zero-order chi connectivity index (χ0) is 19.2. The maximum absolute atomic E-state index is 5.70. The molecular weight excluding hydrogens is 372 g/mol. The molecule has 0 N–H and O–H groups in total. The lowest BCUT2D eigenvalue weighted by Crippen LogP contribution is -2.03. The topological polar surface area (TPSA) is 66.0 Å². The summed E-state index contributed by atoms with van der Waals surface area (Å²) < 4.78 is 13.5. The average molecular weight is 392 g/mol. The summed E-state index contributed by atoms with van der Waals surface area (Å²) in [6.45, 7) is 3.06. The van der Waals surface area contributed by atoms with Crippen molar-refractivity contribution in [2.75, 3.05) is 0 Å². The normalized spacial score (nSPS) is 10.9. The van der Waals surface area contributed by atoms with Crippen LogP contribution in [0.4, 0.5) is 0 Å². The van der Waals surface area contributed by atoms with Crippen LogP contribution >= 0.6 is 11.8 Å². The summed E-state index contributed by atoms with van der Waals surface area (Å²) in [6, 6.07) is 18.2. The minimum atomic E-state index is 0.250. The largest absolute Gasteiger partial charge is 0.484 e. The van der Waals surface area contributed by atoms with Crippen LogP contribution in [0.1, 0.15) is 22.8 Å². The highest BCUT2D eigenvalue weighted by atomic mass is 32.2. The van der Waals surface area contributed by atoms with Gasteiger partial charge in [-0.1, -0.05) is 54.2 Å². The average Bonchev–Trinajstić information content (AvgIpc) is 3.35. The van der Waals surface area contributed by atoms with E-state index in [1.165, 1.54) is 17.3 Å². The number of hydrogen-bond acceptors (Lipinski definition) is 6. The van der Waals surface area contributed by atoms with Gasteiger partial charge < -0.3 is 13.7 Å². The van der Waals surface area contributed by atoms with Crippen molar-refractivity contribution in [3.63, 3.8) is 0 Å². The summed E-state index contributed by atoms with van der Waals surface area (Å²) in [7, 11) is 0. The van der Waals surface area contributed by atoms with Crippen LogP contribution in [0, 0.1) is 6.92 Å². The lowest BCUT2D eigenvalue weighted by molar-refractivity contribution is 0.252. The van der Waals surface area contributed by atoms with Gasteiger partial charge in [-0.25, -0.2) is 4.98 Å². The summed E-state index contributed by atoms with van der Waals surface area (Å²) in [4.78, 5) is 4.45. The fourth-order valence-corrected chi connectivity index (χ4v) is 3.48. The number of hydrogen-bond donors (Lipinski definition) is 0. The van der Waals surface area contributed by atoms with E-state index in [0.717, 1.165) is 23.7 Å². The van der Waals surface area contributed by atoms with Gasteiger partial charge in [0.1, 0.15) is 11.6 Å². The number of ether oxygens (including phenoxy) is 1. The van der Waals surface area contributed by atoms with Crippen LogP contribution < -0.4 is 4.74 Å². The van der Waals surface area contributed by atoms with Gasteiger partial charge in [0, 0.05) is 18.9 Å². The molecular formula is C21H20N4O2S. The van der Waals surface area contributed by atoms with Crippen LogP contribution in [0.25, 0.3) is 0 Å². The lowest BCUT2D eigenvalue weighted by Gasteiger charge is -2.06. The third-order valence-corrected chi connectivity index (χ3v) is 4.94. The molecule has 2 aromatic carbocycles. The van der Waals surface area contributed by atoms with Crippen molar-refractivity contribution < 1.29 is 9.15 Å². The van der Waals surface area contributed by atoms with Gasteiger partial charge in [0.05, 0.1) is 5.75 Å². The second-order valence-corrected chi connectivity index (χ2v) is 7.24. The van der Waals surface area contributed by atoms with E-state index in [2.05, 4.69) is 31.9 Å². The van der Waals surface area contributed by atoms with Gasteiger partial charge in [-0.2, -0.15) is 0 Å². The molecule has 2 aromatic heterocycles. The first-order valence-electron chi connectivity index (χ1n) is 8.95. The Bertz CT molecular complexity index is 1030. The smallest absolute Gasteiger partial charge is 0.277 e. The molecule has 6 nitrogen and oxygen atoms in total. The van der Waals surface area contributed by atoms with Gasteiger partial charge in [-0.15, -0.1) is 10.2 Å². The lowest BCUT2D eigenvalue weighted by atomic mass is 10.2. The number of imidazole rings is 1. The second-order valence-electron chi connectivity index (χ2n) is 6.31. The van der Waals surface area contributed by atoms with Gasteiger partial charge in [0.15, 0.2) is 6.61 Å². The summed E-state index contributed by atoms with van der Waals surface area (Å²) in [6.07, 6.45) is 3.80.